The van der Waals surface area contributed by atoms with E-state index in [4.69, 9.17) is 16.7 Å². The highest BCUT2D eigenvalue weighted by Crippen LogP contribution is 2.36. The first-order valence-electron chi connectivity index (χ1n) is 1.72. The molecule has 2 nitrogen and oxygen atoms in total. The lowest BCUT2D eigenvalue weighted by Crippen LogP contribution is -1.98. The van der Waals surface area contributed by atoms with Gasteiger partial charge >= 0.3 is 0 Å². The van der Waals surface area contributed by atoms with Gasteiger partial charge in [0, 0.05) is 0 Å². The van der Waals surface area contributed by atoms with Crippen molar-refractivity contribution in [1.82, 2.24) is 0 Å². The van der Waals surface area contributed by atoms with Crippen LogP contribution < -0.4 is 0 Å². The molecule has 0 spiro atoms. The van der Waals surface area contributed by atoms with Crippen molar-refractivity contribution in [2.24, 2.45) is 0 Å². The Morgan fingerprint density at radius 1 is 2.00 bits per heavy atom. The highest BCUT2D eigenvalue weighted by molar-refractivity contribution is 6.23. The molecule has 0 bridgehead atoms. The summed E-state index contributed by atoms with van der Waals surface area (Å²) in [6.07, 6.45) is -0.181. The zero-order chi connectivity index (χ0) is 4.78. The van der Waals surface area contributed by atoms with E-state index in [9.17, 15) is 0 Å². The number of aliphatic hydroxyl groups is 1. The van der Waals surface area contributed by atoms with E-state index < -0.39 is 5.25 Å². The Labute approximate surface area is 40.7 Å². The number of rotatable bonds is 0. The average Bonchev–Trinajstić information content (AvgIpc) is 1.73. The maximum Gasteiger partial charge on any atom is 0.273 e. The van der Waals surface area contributed by atoms with Gasteiger partial charge in [0.15, 0.2) is 0 Å². The number of halogens is 1. The molecule has 0 aromatic heterocycles. The third-order valence-electron chi connectivity index (χ3n) is 0.786. The molecular weight excluding hydrogens is 103 g/mol. The van der Waals surface area contributed by atoms with Gasteiger partial charge in [0.2, 0.25) is 0 Å². The number of epoxide rings is 1. The Morgan fingerprint density at radius 3 is 2.17 bits per heavy atom. The molecule has 0 aromatic carbocycles. The zero-order valence-electron chi connectivity index (χ0n) is 3.31. The first kappa shape index (κ1) is 4.37. The molecule has 0 aromatic rings. The molecule has 2 unspecified atom stereocenters. The number of hydrogen-bond acceptors (Lipinski definition) is 2. The van der Waals surface area contributed by atoms with Gasteiger partial charge in [-0.15, -0.1) is 0 Å². The maximum atomic E-state index is 8.44. The van der Waals surface area contributed by atoms with E-state index >= 15 is 0 Å². The fourth-order valence-electron chi connectivity index (χ4n) is 0.214. The van der Waals surface area contributed by atoms with Gasteiger partial charge in [0.25, 0.3) is 5.25 Å². The van der Waals surface area contributed by atoms with Crippen LogP contribution in [0.1, 0.15) is 6.92 Å². The van der Waals surface area contributed by atoms with Crippen molar-refractivity contribution in [3.05, 3.63) is 0 Å². The van der Waals surface area contributed by atoms with Crippen LogP contribution in [0.5, 0.6) is 0 Å². The molecule has 1 N–H and O–H groups in total. The summed E-state index contributed by atoms with van der Waals surface area (Å²) in [5.41, 5.74) is 0. The van der Waals surface area contributed by atoms with E-state index in [0.717, 1.165) is 0 Å². The van der Waals surface area contributed by atoms with Crippen LogP contribution in [-0.2, 0) is 4.74 Å². The molecule has 6 heavy (non-hydrogen) atoms. The molecule has 1 saturated heterocycles. The molecule has 0 amide bonds. The lowest BCUT2D eigenvalue weighted by molar-refractivity contribution is 0.116. The van der Waals surface area contributed by atoms with Gasteiger partial charge in [-0.1, -0.05) is 11.6 Å². The minimum atomic E-state index is -1.32. The maximum absolute atomic E-state index is 8.44. The second-order valence-corrected chi connectivity index (χ2v) is 1.91. The van der Waals surface area contributed by atoms with Crippen LogP contribution in [0.15, 0.2) is 0 Å². The minimum Gasteiger partial charge on any atom is -0.351 e. The summed E-state index contributed by atoms with van der Waals surface area (Å²) in [4.78, 5) is 0. The van der Waals surface area contributed by atoms with Gasteiger partial charge in [0.1, 0.15) is 6.10 Å². The molecule has 3 heteroatoms. The lowest BCUT2D eigenvalue weighted by Gasteiger charge is -1.81. The van der Waals surface area contributed by atoms with Crippen LogP contribution in [0.25, 0.3) is 0 Å². The summed E-state index contributed by atoms with van der Waals surface area (Å²) >= 11 is 5.12. The van der Waals surface area contributed by atoms with Crippen molar-refractivity contribution in [2.45, 2.75) is 18.3 Å². The number of alkyl halides is 1. The quantitative estimate of drug-likeness (QED) is 0.357. The van der Waals surface area contributed by atoms with E-state index in [2.05, 4.69) is 4.74 Å². The van der Waals surface area contributed by atoms with Crippen molar-refractivity contribution >= 4 is 11.6 Å². The Bertz CT molecular complexity index is 71.2. The summed E-state index contributed by atoms with van der Waals surface area (Å²) in [5.74, 6) is 0. The summed E-state index contributed by atoms with van der Waals surface area (Å²) in [5, 5.41) is 7.12. The normalized spacial score (nSPS) is 55.5. The first-order chi connectivity index (χ1) is 2.63. The summed E-state index contributed by atoms with van der Waals surface area (Å²) in [6, 6.07) is 0. The van der Waals surface area contributed by atoms with Crippen LogP contribution >= 0.6 is 11.6 Å². The van der Waals surface area contributed by atoms with Crippen LogP contribution in [0.3, 0.4) is 0 Å². The largest absolute Gasteiger partial charge is 0.351 e. The average molecular weight is 109 g/mol. The summed E-state index contributed by atoms with van der Waals surface area (Å²) < 4.78 is 4.43. The van der Waals surface area contributed by atoms with E-state index in [0.29, 0.717) is 0 Å². The predicted molar refractivity (Wildman–Crippen MR) is 21.3 cm³/mol. The first-order valence-corrected chi connectivity index (χ1v) is 2.10. The molecular formula is C3H5ClO2. The molecule has 1 heterocycles. The SMILES string of the molecule is CC1OC1(O)Cl. The van der Waals surface area contributed by atoms with E-state index in [1.807, 2.05) is 0 Å². The second-order valence-electron chi connectivity index (χ2n) is 1.37. The summed E-state index contributed by atoms with van der Waals surface area (Å²) in [6.45, 7) is 1.70. The molecule has 1 aliphatic rings. The fourth-order valence-corrected chi connectivity index (χ4v) is 0.348. The van der Waals surface area contributed by atoms with Crippen LogP contribution in [0, 0.1) is 0 Å². The predicted octanol–water partition coefficient (Wildman–Crippen LogP) is 0.290. The number of ether oxygens (including phenoxy) is 1. The standard InChI is InChI=1S/C3H5ClO2/c1-2-3(4,5)6-2/h2,5H,1H3. The van der Waals surface area contributed by atoms with Crippen molar-refractivity contribution in [1.29, 1.82) is 0 Å². The van der Waals surface area contributed by atoms with Crippen molar-refractivity contribution in [3.63, 3.8) is 0 Å². The van der Waals surface area contributed by atoms with Crippen LogP contribution in [0.4, 0.5) is 0 Å². The molecule has 0 saturated carbocycles. The second kappa shape index (κ2) is 0.886. The van der Waals surface area contributed by atoms with E-state index in [1.54, 1.807) is 6.92 Å². The fraction of sp³-hybridized carbons (Fsp3) is 1.00. The van der Waals surface area contributed by atoms with Gasteiger partial charge in [-0.3, -0.25) is 0 Å². The minimum absolute atomic E-state index is 0.181. The third kappa shape index (κ3) is 0.511. The molecule has 1 fully saturated rings. The Hall–Kier alpha value is 0.210. The third-order valence-corrected chi connectivity index (χ3v) is 1.18. The van der Waals surface area contributed by atoms with Gasteiger partial charge in [-0.25, -0.2) is 0 Å². The van der Waals surface area contributed by atoms with Crippen molar-refractivity contribution in [3.8, 4) is 0 Å². The molecule has 1 rings (SSSR count). The Kier molecular flexibility index (Phi) is 0.645. The van der Waals surface area contributed by atoms with Gasteiger partial charge in [-0.05, 0) is 6.92 Å². The zero-order valence-corrected chi connectivity index (χ0v) is 4.07. The van der Waals surface area contributed by atoms with Crippen LogP contribution in [-0.4, -0.2) is 16.5 Å². The highest BCUT2D eigenvalue weighted by Gasteiger charge is 2.50. The van der Waals surface area contributed by atoms with Gasteiger partial charge in [-0.2, -0.15) is 0 Å². The highest BCUT2D eigenvalue weighted by atomic mass is 35.5. The van der Waals surface area contributed by atoms with E-state index in [-0.39, 0.29) is 6.10 Å². The van der Waals surface area contributed by atoms with Gasteiger partial charge < -0.3 is 9.84 Å². The van der Waals surface area contributed by atoms with Gasteiger partial charge in [0.05, 0.1) is 0 Å². The Morgan fingerprint density at radius 2 is 2.17 bits per heavy atom. The summed E-state index contributed by atoms with van der Waals surface area (Å²) in [7, 11) is 0. The molecule has 36 valence electrons. The molecule has 0 aliphatic carbocycles. The van der Waals surface area contributed by atoms with Crippen molar-refractivity contribution < 1.29 is 9.84 Å². The van der Waals surface area contributed by atoms with Crippen LogP contribution in [0.2, 0.25) is 0 Å². The monoisotopic (exact) mass is 108 g/mol. The van der Waals surface area contributed by atoms with Crippen molar-refractivity contribution in [2.75, 3.05) is 0 Å². The molecule has 1 aliphatic heterocycles. The number of hydrogen-bond donors (Lipinski definition) is 1. The molecule has 0 radical (unpaired) electrons. The topological polar surface area (TPSA) is 32.8 Å². The molecule has 2 atom stereocenters. The van der Waals surface area contributed by atoms with E-state index in [1.165, 1.54) is 0 Å². The lowest BCUT2D eigenvalue weighted by atomic mass is 10.5. The smallest absolute Gasteiger partial charge is 0.273 e. The Balaban J connectivity index is 2.41.